The molecule has 1 unspecified atom stereocenters. The summed E-state index contributed by atoms with van der Waals surface area (Å²) in [6.07, 6.45) is 2.39. The maximum absolute atomic E-state index is 13.2. The van der Waals surface area contributed by atoms with Crippen molar-refractivity contribution in [2.75, 3.05) is 53.4 Å². The molecule has 0 spiro atoms. The number of benzene rings is 1. The summed E-state index contributed by atoms with van der Waals surface area (Å²) in [6, 6.07) is 6.88. The number of halogens is 1. The molecule has 2 aliphatic rings. The van der Waals surface area contributed by atoms with Crippen LogP contribution in [0.4, 0.5) is 0 Å². The molecule has 29 heavy (non-hydrogen) atoms. The van der Waals surface area contributed by atoms with Gasteiger partial charge in [0, 0.05) is 56.9 Å². The number of rotatable bonds is 4. The fourth-order valence-electron chi connectivity index (χ4n) is 3.92. The van der Waals surface area contributed by atoms with Gasteiger partial charge in [-0.3, -0.25) is 19.3 Å². The smallest absolute Gasteiger partial charge is 0.254 e. The van der Waals surface area contributed by atoms with Gasteiger partial charge in [-0.15, -0.1) is 0 Å². The Morgan fingerprint density at radius 1 is 1.00 bits per heavy atom. The molecule has 0 saturated carbocycles. The highest BCUT2D eigenvalue weighted by molar-refractivity contribution is 9.10. The average molecular weight is 465 g/mol. The van der Waals surface area contributed by atoms with E-state index in [2.05, 4.69) is 20.8 Å². The Bertz CT molecular complexity index is 753. The topological polar surface area (TPSA) is 64.2 Å². The van der Waals surface area contributed by atoms with E-state index in [4.69, 9.17) is 0 Å². The summed E-state index contributed by atoms with van der Waals surface area (Å²) in [5.74, 6) is 0.0296. The normalized spacial score (nSPS) is 20.4. The molecule has 0 radical (unpaired) electrons. The maximum atomic E-state index is 13.2. The van der Waals surface area contributed by atoms with Crippen LogP contribution in [0, 0.1) is 0 Å². The molecule has 0 aliphatic carbocycles. The van der Waals surface area contributed by atoms with Crippen molar-refractivity contribution in [3.8, 4) is 0 Å². The number of amides is 3. The van der Waals surface area contributed by atoms with E-state index in [9.17, 15) is 14.4 Å². The van der Waals surface area contributed by atoms with E-state index in [1.54, 1.807) is 36.0 Å². The van der Waals surface area contributed by atoms with Crippen molar-refractivity contribution >= 4 is 33.7 Å². The van der Waals surface area contributed by atoms with Crippen LogP contribution in [0.5, 0.6) is 0 Å². The Morgan fingerprint density at radius 3 is 2.41 bits per heavy atom. The lowest BCUT2D eigenvalue weighted by Crippen LogP contribution is -2.49. The third-order valence-electron chi connectivity index (χ3n) is 5.65. The first-order valence-electron chi connectivity index (χ1n) is 10.1. The summed E-state index contributed by atoms with van der Waals surface area (Å²) in [4.78, 5) is 45.5. The first-order chi connectivity index (χ1) is 13.9. The minimum atomic E-state index is -0.388. The minimum Gasteiger partial charge on any atom is -0.348 e. The van der Waals surface area contributed by atoms with Gasteiger partial charge in [0.1, 0.15) is 6.04 Å². The van der Waals surface area contributed by atoms with Crippen molar-refractivity contribution in [1.82, 2.24) is 19.6 Å². The van der Waals surface area contributed by atoms with E-state index < -0.39 is 0 Å². The van der Waals surface area contributed by atoms with Gasteiger partial charge >= 0.3 is 0 Å². The zero-order chi connectivity index (χ0) is 21.0. The zero-order valence-corrected chi connectivity index (χ0v) is 18.7. The SMILES string of the molecule is CN(C)C(=O)CN1CCCN(C(=O)C2CCCN2C(=O)c2ccc(Br)cc2)CC1. The summed E-state index contributed by atoms with van der Waals surface area (Å²) in [5.41, 5.74) is 0.608. The summed E-state index contributed by atoms with van der Waals surface area (Å²) >= 11 is 3.39. The molecule has 3 amide bonds. The lowest BCUT2D eigenvalue weighted by Gasteiger charge is -2.30. The Morgan fingerprint density at radius 2 is 1.72 bits per heavy atom. The van der Waals surface area contributed by atoms with Crippen molar-refractivity contribution in [2.24, 2.45) is 0 Å². The number of hydrogen-bond acceptors (Lipinski definition) is 4. The van der Waals surface area contributed by atoms with E-state index in [1.165, 1.54) is 0 Å². The Kier molecular flexibility index (Phi) is 7.29. The van der Waals surface area contributed by atoms with Crippen LogP contribution >= 0.6 is 15.9 Å². The number of carbonyl (C=O) groups excluding carboxylic acids is 3. The summed E-state index contributed by atoms with van der Waals surface area (Å²) in [7, 11) is 3.51. The second-order valence-electron chi connectivity index (χ2n) is 7.91. The van der Waals surface area contributed by atoms with Gasteiger partial charge in [0.05, 0.1) is 6.54 Å². The third-order valence-corrected chi connectivity index (χ3v) is 6.18. The first kappa shape index (κ1) is 21.8. The van der Waals surface area contributed by atoms with E-state index >= 15 is 0 Å². The average Bonchev–Trinajstić information content (AvgIpc) is 3.07. The number of likely N-dealkylation sites (N-methyl/N-ethyl adjacent to an activating group) is 1. The number of hydrogen-bond donors (Lipinski definition) is 0. The lowest BCUT2D eigenvalue weighted by atomic mass is 10.1. The van der Waals surface area contributed by atoms with Gasteiger partial charge < -0.3 is 14.7 Å². The van der Waals surface area contributed by atoms with Crippen molar-refractivity contribution < 1.29 is 14.4 Å². The van der Waals surface area contributed by atoms with Gasteiger partial charge in [-0.2, -0.15) is 0 Å². The third kappa shape index (κ3) is 5.36. The molecule has 7 nitrogen and oxygen atoms in total. The predicted octanol–water partition coefficient (Wildman–Crippen LogP) is 1.68. The Labute approximate surface area is 180 Å². The number of nitrogens with zero attached hydrogens (tertiary/aromatic N) is 4. The zero-order valence-electron chi connectivity index (χ0n) is 17.1. The molecular weight excluding hydrogens is 436 g/mol. The fraction of sp³-hybridized carbons (Fsp3) is 0.571. The maximum Gasteiger partial charge on any atom is 0.254 e. The van der Waals surface area contributed by atoms with Gasteiger partial charge in [0.2, 0.25) is 11.8 Å². The van der Waals surface area contributed by atoms with Crippen LogP contribution in [-0.4, -0.2) is 96.7 Å². The van der Waals surface area contributed by atoms with Crippen molar-refractivity contribution in [1.29, 1.82) is 0 Å². The molecule has 1 aromatic rings. The molecule has 1 aromatic carbocycles. The van der Waals surface area contributed by atoms with E-state index in [0.29, 0.717) is 44.7 Å². The van der Waals surface area contributed by atoms with Crippen molar-refractivity contribution in [3.05, 3.63) is 34.3 Å². The van der Waals surface area contributed by atoms with E-state index in [-0.39, 0.29) is 23.8 Å². The molecule has 8 heteroatoms. The van der Waals surface area contributed by atoms with Crippen LogP contribution in [0.2, 0.25) is 0 Å². The van der Waals surface area contributed by atoms with Crippen molar-refractivity contribution in [3.63, 3.8) is 0 Å². The molecule has 158 valence electrons. The lowest BCUT2D eigenvalue weighted by molar-refractivity contribution is -0.135. The molecule has 2 saturated heterocycles. The van der Waals surface area contributed by atoms with Crippen molar-refractivity contribution in [2.45, 2.75) is 25.3 Å². The van der Waals surface area contributed by atoms with Gasteiger partial charge in [-0.25, -0.2) is 0 Å². The molecule has 2 heterocycles. The van der Waals surface area contributed by atoms with Crippen LogP contribution in [0.3, 0.4) is 0 Å². The molecule has 0 bridgehead atoms. The first-order valence-corrected chi connectivity index (χ1v) is 10.9. The highest BCUT2D eigenvalue weighted by Crippen LogP contribution is 2.23. The fourth-order valence-corrected chi connectivity index (χ4v) is 4.18. The summed E-state index contributed by atoms with van der Waals surface area (Å²) in [6.45, 7) is 3.74. The highest BCUT2D eigenvalue weighted by atomic mass is 79.9. The second-order valence-corrected chi connectivity index (χ2v) is 8.82. The molecule has 2 fully saturated rings. The molecule has 1 atom stereocenters. The van der Waals surface area contributed by atoms with E-state index in [1.807, 2.05) is 17.0 Å². The molecule has 2 aliphatic heterocycles. The summed E-state index contributed by atoms with van der Waals surface area (Å²) < 4.78 is 0.921. The number of likely N-dealkylation sites (tertiary alicyclic amines) is 1. The molecule has 0 N–H and O–H groups in total. The van der Waals surface area contributed by atoms with Crippen LogP contribution in [-0.2, 0) is 9.59 Å². The van der Waals surface area contributed by atoms with Crippen LogP contribution in [0.15, 0.2) is 28.7 Å². The van der Waals surface area contributed by atoms with Crippen LogP contribution < -0.4 is 0 Å². The largest absolute Gasteiger partial charge is 0.348 e. The quantitative estimate of drug-likeness (QED) is 0.679. The van der Waals surface area contributed by atoms with Gasteiger partial charge in [0.25, 0.3) is 5.91 Å². The van der Waals surface area contributed by atoms with Gasteiger partial charge in [0.15, 0.2) is 0 Å². The Hall–Kier alpha value is -1.93. The second kappa shape index (κ2) is 9.71. The molecule has 3 rings (SSSR count). The van der Waals surface area contributed by atoms with Gasteiger partial charge in [-0.05, 0) is 43.5 Å². The number of carbonyl (C=O) groups is 3. The van der Waals surface area contributed by atoms with Crippen LogP contribution in [0.1, 0.15) is 29.6 Å². The van der Waals surface area contributed by atoms with Gasteiger partial charge in [-0.1, -0.05) is 15.9 Å². The summed E-state index contributed by atoms with van der Waals surface area (Å²) in [5, 5.41) is 0. The Balaban J connectivity index is 1.62. The predicted molar refractivity (Wildman–Crippen MR) is 115 cm³/mol. The molecule has 0 aromatic heterocycles. The molecular formula is C21H29BrN4O3. The standard InChI is InChI=1S/C21H29BrN4O3/c1-23(2)19(27)15-24-10-4-11-25(14-13-24)21(29)18-5-3-12-26(18)20(28)16-6-8-17(22)9-7-16/h6-9,18H,3-5,10-15H2,1-2H3. The minimum absolute atomic E-state index is 0.0359. The monoisotopic (exact) mass is 464 g/mol. The van der Waals surface area contributed by atoms with E-state index in [0.717, 1.165) is 23.9 Å². The van der Waals surface area contributed by atoms with Crippen LogP contribution in [0.25, 0.3) is 0 Å². The highest BCUT2D eigenvalue weighted by Gasteiger charge is 2.37.